The maximum Gasteiger partial charge on any atom is 0.453 e. The lowest BCUT2D eigenvalue weighted by Gasteiger charge is -2.10. The van der Waals surface area contributed by atoms with Crippen molar-refractivity contribution in [3.8, 4) is 0 Å². The Labute approximate surface area is 130 Å². The monoisotopic (exact) mass is 333 g/mol. The van der Waals surface area contributed by atoms with E-state index in [1.807, 2.05) is 13.8 Å². The molecule has 0 bridgehead atoms. The standard InChI is InChI=1S/C13H18F3N5O2/c1-7(2)6-22-8(3)11-18-10(23-20-11)5-21-9(4)17-12(19-21)13(14,15)16/h7-8H,5-6H2,1-4H3. The van der Waals surface area contributed by atoms with E-state index in [-0.39, 0.29) is 24.4 Å². The molecule has 0 radical (unpaired) electrons. The van der Waals surface area contributed by atoms with Gasteiger partial charge >= 0.3 is 6.18 Å². The minimum Gasteiger partial charge on any atom is -0.370 e. The minimum absolute atomic E-state index is 0.0845. The van der Waals surface area contributed by atoms with E-state index >= 15 is 0 Å². The van der Waals surface area contributed by atoms with E-state index in [4.69, 9.17) is 9.26 Å². The molecule has 0 aliphatic carbocycles. The first-order valence-corrected chi connectivity index (χ1v) is 7.09. The fourth-order valence-corrected chi connectivity index (χ4v) is 1.73. The number of aryl methyl sites for hydroxylation is 1. The number of alkyl halides is 3. The second-order valence-corrected chi connectivity index (χ2v) is 5.55. The lowest BCUT2D eigenvalue weighted by atomic mass is 10.2. The molecule has 1 unspecified atom stereocenters. The van der Waals surface area contributed by atoms with Crippen LogP contribution in [0.3, 0.4) is 0 Å². The third kappa shape index (κ3) is 4.50. The quantitative estimate of drug-likeness (QED) is 0.809. The fourth-order valence-electron chi connectivity index (χ4n) is 1.73. The van der Waals surface area contributed by atoms with Gasteiger partial charge in [0.25, 0.3) is 5.82 Å². The largest absolute Gasteiger partial charge is 0.453 e. The van der Waals surface area contributed by atoms with Crippen molar-refractivity contribution < 1.29 is 22.4 Å². The number of hydrogen-bond acceptors (Lipinski definition) is 6. The second kappa shape index (κ2) is 6.65. The summed E-state index contributed by atoms with van der Waals surface area (Å²) in [5, 5.41) is 7.19. The van der Waals surface area contributed by atoms with Crippen LogP contribution in [0.5, 0.6) is 0 Å². The van der Waals surface area contributed by atoms with Gasteiger partial charge in [-0.3, -0.25) is 0 Å². The number of halogens is 3. The van der Waals surface area contributed by atoms with Crippen molar-refractivity contribution in [1.29, 1.82) is 0 Å². The van der Waals surface area contributed by atoms with Gasteiger partial charge in [-0.2, -0.15) is 18.2 Å². The molecule has 2 heterocycles. The predicted molar refractivity (Wildman–Crippen MR) is 72.4 cm³/mol. The van der Waals surface area contributed by atoms with Gasteiger partial charge in [0.05, 0.1) is 0 Å². The molecule has 128 valence electrons. The van der Waals surface area contributed by atoms with E-state index in [1.165, 1.54) is 6.92 Å². The lowest BCUT2D eigenvalue weighted by molar-refractivity contribution is -0.145. The second-order valence-electron chi connectivity index (χ2n) is 5.55. The zero-order chi connectivity index (χ0) is 17.2. The Balaban J connectivity index is 2.06. The third-order valence-corrected chi connectivity index (χ3v) is 2.92. The van der Waals surface area contributed by atoms with Crippen LogP contribution in [0.15, 0.2) is 4.52 Å². The van der Waals surface area contributed by atoms with E-state index in [0.29, 0.717) is 18.3 Å². The van der Waals surface area contributed by atoms with E-state index in [9.17, 15) is 13.2 Å². The van der Waals surface area contributed by atoms with Crippen molar-refractivity contribution in [2.45, 2.75) is 46.5 Å². The number of nitrogens with zero attached hydrogens (tertiary/aromatic N) is 5. The molecule has 0 spiro atoms. The summed E-state index contributed by atoms with van der Waals surface area (Å²) < 4.78 is 49.4. The molecule has 23 heavy (non-hydrogen) atoms. The van der Waals surface area contributed by atoms with Crippen molar-refractivity contribution in [3.05, 3.63) is 23.4 Å². The maximum atomic E-state index is 12.6. The van der Waals surface area contributed by atoms with Crippen LogP contribution in [0, 0.1) is 12.8 Å². The van der Waals surface area contributed by atoms with Gasteiger partial charge in [-0.1, -0.05) is 19.0 Å². The zero-order valence-corrected chi connectivity index (χ0v) is 13.3. The first-order chi connectivity index (χ1) is 10.7. The average Bonchev–Trinajstić information content (AvgIpc) is 3.04. The Morgan fingerprint density at radius 2 is 1.91 bits per heavy atom. The van der Waals surface area contributed by atoms with Gasteiger partial charge in [-0.15, -0.1) is 5.10 Å². The molecule has 0 aliphatic heterocycles. The Morgan fingerprint density at radius 3 is 2.48 bits per heavy atom. The fraction of sp³-hybridized carbons (Fsp3) is 0.692. The molecule has 0 fully saturated rings. The Morgan fingerprint density at radius 1 is 1.22 bits per heavy atom. The molecule has 0 aromatic carbocycles. The molecule has 10 heteroatoms. The molecular formula is C13H18F3N5O2. The summed E-state index contributed by atoms with van der Waals surface area (Å²) in [5.74, 6) is -0.233. The van der Waals surface area contributed by atoms with Crippen LogP contribution in [-0.2, 0) is 17.5 Å². The number of hydrogen-bond donors (Lipinski definition) is 0. The topological polar surface area (TPSA) is 78.9 Å². The van der Waals surface area contributed by atoms with Crippen molar-refractivity contribution in [2.75, 3.05) is 6.61 Å². The van der Waals surface area contributed by atoms with Gasteiger partial charge in [0.1, 0.15) is 18.5 Å². The number of aromatic nitrogens is 5. The van der Waals surface area contributed by atoms with Gasteiger partial charge in [0, 0.05) is 6.61 Å². The van der Waals surface area contributed by atoms with E-state index in [0.717, 1.165) is 4.68 Å². The van der Waals surface area contributed by atoms with E-state index in [1.54, 1.807) is 6.92 Å². The summed E-state index contributed by atoms with van der Waals surface area (Å²) in [7, 11) is 0. The highest BCUT2D eigenvalue weighted by molar-refractivity contribution is 4.97. The molecule has 0 amide bonds. The van der Waals surface area contributed by atoms with Crippen LogP contribution in [0.25, 0.3) is 0 Å². The van der Waals surface area contributed by atoms with Crippen LogP contribution < -0.4 is 0 Å². The van der Waals surface area contributed by atoms with Crippen LogP contribution in [0.1, 0.15) is 50.2 Å². The van der Waals surface area contributed by atoms with Crippen LogP contribution >= 0.6 is 0 Å². The molecule has 0 saturated carbocycles. The zero-order valence-electron chi connectivity index (χ0n) is 13.3. The number of ether oxygens (including phenoxy) is 1. The maximum absolute atomic E-state index is 12.6. The summed E-state index contributed by atoms with van der Waals surface area (Å²) in [6, 6.07) is 0. The third-order valence-electron chi connectivity index (χ3n) is 2.92. The SMILES string of the molecule is Cc1nc(C(F)(F)F)nn1Cc1nc(C(C)OCC(C)C)no1. The normalized spacial score (nSPS) is 13.7. The molecule has 7 nitrogen and oxygen atoms in total. The summed E-state index contributed by atoms with van der Waals surface area (Å²) in [6.07, 6.45) is -4.95. The molecule has 2 rings (SSSR count). The highest BCUT2D eigenvalue weighted by Crippen LogP contribution is 2.26. The summed E-state index contributed by atoms with van der Waals surface area (Å²) in [6.45, 7) is 7.69. The first kappa shape index (κ1) is 17.4. The van der Waals surface area contributed by atoms with Crippen LogP contribution in [0.4, 0.5) is 13.2 Å². The van der Waals surface area contributed by atoms with Crippen molar-refractivity contribution in [1.82, 2.24) is 24.9 Å². The molecule has 2 aromatic rings. The summed E-state index contributed by atoms with van der Waals surface area (Å²) >= 11 is 0. The first-order valence-electron chi connectivity index (χ1n) is 7.09. The molecule has 0 saturated heterocycles. The molecule has 1 atom stereocenters. The smallest absolute Gasteiger partial charge is 0.370 e. The van der Waals surface area contributed by atoms with E-state index < -0.39 is 12.0 Å². The number of rotatable bonds is 6. The summed E-state index contributed by atoms with van der Waals surface area (Å²) in [4.78, 5) is 7.50. The highest BCUT2D eigenvalue weighted by Gasteiger charge is 2.36. The predicted octanol–water partition coefficient (Wildman–Crippen LogP) is 2.77. The van der Waals surface area contributed by atoms with Crippen molar-refractivity contribution in [3.63, 3.8) is 0 Å². The molecule has 0 N–H and O–H groups in total. The lowest BCUT2D eigenvalue weighted by Crippen LogP contribution is -2.10. The van der Waals surface area contributed by atoms with Gasteiger partial charge in [-0.25, -0.2) is 9.67 Å². The van der Waals surface area contributed by atoms with Crippen molar-refractivity contribution in [2.24, 2.45) is 5.92 Å². The Bertz CT molecular complexity index is 650. The summed E-state index contributed by atoms with van der Waals surface area (Å²) in [5.41, 5.74) is 0. The Hall–Kier alpha value is -1.97. The van der Waals surface area contributed by atoms with Gasteiger partial charge < -0.3 is 9.26 Å². The molecule has 0 aliphatic rings. The van der Waals surface area contributed by atoms with Gasteiger partial charge in [0.2, 0.25) is 5.89 Å². The van der Waals surface area contributed by atoms with Crippen molar-refractivity contribution >= 4 is 0 Å². The molecule has 2 aromatic heterocycles. The van der Waals surface area contributed by atoms with Gasteiger partial charge in [0.15, 0.2) is 5.82 Å². The average molecular weight is 333 g/mol. The van der Waals surface area contributed by atoms with E-state index in [2.05, 4.69) is 20.2 Å². The van der Waals surface area contributed by atoms with Crippen LogP contribution in [0.2, 0.25) is 0 Å². The van der Waals surface area contributed by atoms with Gasteiger partial charge in [-0.05, 0) is 19.8 Å². The Kier molecular flexibility index (Phi) is 5.03. The highest BCUT2D eigenvalue weighted by atomic mass is 19.4. The molecular weight excluding hydrogens is 315 g/mol. The minimum atomic E-state index is -4.59. The van der Waals surface area contributed by atoms with Crippen LogP contribution in [-0.4, -0.2) is 31.5 Å².